The Bertz CT molecular complexity index is 917. The summed E-state index contributed by atoms with van der Waals surface area (Å²) >= 11 is 0. The van der Waals surface area contributed by atoms with Crippen LogP contribution in [0.5, 0.6) is 11.6 Å². The number of nitriles is 1. The summed E-state index contributed by atoms with van der Waals surface area (Å²) in [6, 6.07) is 23.4. The minimum absolute atomic E-state index is 0.187. The average molecular weight is 329 g/mol. The molecule has 1 N–H and O–H groups in total. The van der Waals surface area contributed by atoms with Gasteiger partial charge in [0.15, 0.2) is 0 Å². The van der Waals surface area contributed by atoms with Gasteiger partial charge in [0.1, 0.15) is 17.5 Å². The maximum Gasteiger partial charge on any atom is 0.251 e. The molecule has 2 aromatic carbocycles. The van der Waals surface area contributed by atoms with Gasteiger partial charge < -0.3 is 10.1 Å². The highest BCUT2D eigenvalue weighted by atomic mass is 16.5. The van der Waals surface area contributed by atoms with Crippen LogP contribution < -0.4 is 10.1 Å². The number of benzene rings is 2. The van der Waals surface area contributed by atoms with Gasteiger partial charge in [-0.15, -0.1) is 0 Å². The molecule has 0 atom stereocenters. The quantitative estimate of drug-likeness (QED) is 0.775. The second-order valence-corrected chi connectivity index (χ2v) is 5.27. The smallest absolute Gasteiger partial charge is 0.251 e. The fourth-order valence-corrected chi connectivity index (χ4v) is 2.24. The first-order valence-corrected chi connectivity index (χ1v) is 7.72. The van der Waals surface area contributed by atoms with Crippen molar-refractivity contribution in [2.24, 2.45) is 0 Å². The van der Waals surface area contributed by atoms with Crippen LogP contribution in [0.2, 0.25) is 0 Å². The lowest BCUT2D eigenvalue weighted by atomic mass is 10.2. The Hall–Kier alpha value is -3.65. The lowest BCUT2D eigenvalue weighted by Gasteiger charge is -2.08. The number of hydrogen-bond donors (Lipinski definition) is 1. The summed E-state index contributed by atoms with van der Waals surface area (Å²) in [5.41, 5.74) is 1.79. The second kappa shape index (κ2) is 7.75. The molecule has 1 heterocycles. The zero-order valence-electron chi connectivity index (χ0n) is 13.3. The third-order valence-corrected chi connectivity index (χ3v) is 3.45. The summed E-state index contributed by atoms with van der Waals surface area (Å²) in [5, 5.41) is 11.7. The zero-order chi connectivity index (χ0) is 17.5. The van der Waals surface area contributed by atoms with Crippen molar-refractivity contribution in [1.82, 2.24) is 10.3 Å². The van der Waals surface area contributed by atoms with Crippen LogP contribution in [-0.4, -0.2) is 10.9 Å². The molecule has 0 unspecified atom stereocenters. The van der Waals surface area contributed by atoms with Crippen molar-refractivity contribution >= 4 is 5.91 Å². The highest BCUT2D eigenvalue weighted by Gasteiger charge is 2.08. The highest BCUT2D eigenvalue weighted by Crippen LogP contribution is 2.20. The lowest BCUT2D eigenvalue weighted by molar-refractivity contribution is 0.0950. The summed E-state index contributed by atoms with van der Waals surface area (Å²) in [6.45, 7) is 0.455. The molecule has 122 valence electrons. The van der Waals surface area contributed by atoms with Crippen molar-refractivity contribution in [2.75, 3.05) is 0 Å². The van der Waals surface area contributed by atoms with Crippen molar-refractivity contribution in [1.29, 1.82) is 5.26 Å². The first-order valence-electron chi connectivity index (χ1n) is 7.72. The van der Waals surface area contributed by atoms with Gasteiger partial charge >= 0.3 is 0 Å². The number of nitrogens with one attached hydrogen (secondary N) is 1. The first kappa shape index (κ1) is 16.2. The summed E-state index contributed by atoms with van der Waals surface area (Å²) in [6.07, 6.45) is 0. The van der Waals surface area contributed by atoms with E-state index in [1.165, 1.54) is 0 Å². The van der Waals surface area contributed by atoms with Crippen molar-refractivity contribution in [3.63, 3.8) is 0 Å². The predicted octanol–water partition coefficient (Wildman–Crippen LogP) is 3.68. The molecule has 0 aliphatic carbocycles. The number of amides is 1. The van der Waals surface area contributed by atoms with Gasteiger partial charge in [0.2, 0.25) is 5.88 Å². The van der Waals surface area contributed by atoms with Gasteiger partial charge in [0.05, 0.1) is 0 Å². The maximum atomic E-state index is 12.3. The van der Waals surface area contributed by atoms with Crippen LogP contribution in [0.4, 0.5) is 0 Å². The van der Waals surface area contributed by atoms with E-state index in [1.807, 2.05) is 36.4 Å². The van der Waals surface area contributed by atoms with Crippen LogP contribution in [0.3, 0.4) is 0 Å². The van der Waals surface area contributed by atoms with Crippen molar-refractivity contribution < 1.29 is 9.53 Å². The van der Waals surface area contributed by atoms with Crippen LogP contribution in [0.1, 0.15) is 21.6 Å². The molecule has 0 saturated heterocycles. The fraction of sp³-hybridized carbons (Fsp3) is 0.0500. The van der Waals surface area contributed by atoms with Crippen LogP contribution in [0.25, 0.3) is 0 Å². The molecular weight excluding hydrogens is 314 g/mol. The molecule has 0 radical (unpaired) electrons. The number of rotatable bonds is 5. The monoisotopic (exact) mass is 329 g/mol. The molecule has 0 aliphatic heterocycles. The Morgan fingerprint density at radius 3 is 2.64 bits per heavy atom. The van der Waals surface area contributed by atoms with Crippen LogP contribution >= 0.6 is 0 Å². The van der Waals surface area contributed by atoms with E-state index in [0.717, 1.165) is 5.56 Å². The maximum absolute atomic E-state index is 12.3. The summed E-state index contributed by atoms with van der Waals surface area (Å²) in [4.78, 5) is 16.4. The Labute approximate surface area is 145 Å². The van der Waals surface area contributed by atoms with Crippen molar-refractivity contribution in [3.05, 3.63) is 89.6 Å². The molecule has 0 saturated carbocycles. The van der Waals surface area contributed by atoms with Gasteiger partial charge in [-0.05, 0) is 29.8 Å². The van der Waals surface area contributed by atoms with Crippen LogP contribution in [-0.2, 0) is 6.54 Å². The summed E-state index contributed by atoms with van der Waals surface area (Å²) in [7, 11) is 0. The van der Waals surface area contributed by atoms with E-state index in [2.05, 4.69) is 10.3 Å². The number of pyridine rings is 1. The standard InChI is InChI=1S/C20H15N3O2/c21-13-17-9-5-11-19(23-17)25-18-10-4-8-16(12-18)20(24)22-14-15-6-2-1-3-7-15/h1-12H,14H2,(H,22,24). The summed E-state index contributed by atoms with van der Waals surface area (Å²) in [5.74, 6) is 0.601. The van der Waals surface area contributed by atoms with Crippen molar-refractivity contribution in [3.8, 4) is 17.7 Å². The molecule has 25 heavy (non-hydrogen) atoms. The fourth-order valence-electron chi connectivity index (χ4n) is 2.24. The Morgan fingerprint density at radius 2 is 1.84 bits per heavy atom. The third-order valence-electron chi connectivity index (χ3n) is 3.45. The van der Waals surface area contributed by atoms with E-state index >= 15 is 0 Å². The van der Waals surface area contributed by atoms with Crippen LogP contribution in [0, 0.1) is 11.3 Å². The van der Waals surface area contributed by atoms with E-state index in [0.29, 0.717) is 23.7 Å². The molecular formula is C20H15N3O2. The van der Waals surface area contributed by atoms with E-state index in [9.17, 15) is 4.79 Å². The largest absolute Gasteiger partial charge is 0.439 e. The molecule has 1 amide bonds. The van der Waals surface area contributed by atoms with Crippen LogP contribution in [0.15, 0.2) is 72.8 Å². The van der Waals surface area contributed by atoms with Gasteiger partial charge in [-0.1, -0.05) is 42.5 Å². The van der Waals surface area contributed by atoms with E-state index < -0.39 is 0 Å². The number of aromatic nitrogens is 1. The zero-order valence-corrected chi connectivity index (χ0v) is 13.3. The number of carbonyl (C=O) groups excluding carboxylic acids is 1. The molecule has 0 aliphatic rings. The number of carbonyl (C=O) groups is 1. The van der Waals surface area contributed by atoms with Gasteiger partial charge in [0.25, 0.3) is 5.91 Å². The average Bonchev–Trinajstić information content (AvgIpc) is 2.67. The SMILES string of the molecule is N#Cc1cccc(Oc2cccc(C(=O)NCc3ccccc3)c2)n1. The minimum atomic E-state index is -0.187. The van der Waals surface area contributed by atoms with Gasteiger partial charge in [-0.3, -0.25) is 4.79 Å². The number of nitrogens with zero attached hydrogens (tertiary/aromatic N) is 2. The molecule has 0 fully saturated rings. The van der Waals surface area contributed by atoms with Gasteiger partial charge in [-0.25, -0.2) is 4.98 Å². The minimum Gasteiger partial charge on any atom is -0.439 e. The second-order valence-electron chi connectivity index (χ2n) is 5.27. The van der Waals surface area contributed by atoms with E-state index in [-0.39, 0.29) is 11.6 Å². The predicted molar refractivity (Wildman–Crippen MR) is 93.1 cm³/mol. The highest BCUT2D eigenvalue weighted by molar-refractivity contribution is 5.94. The molecule has 3 aromatic rings. The Kier molecular flexibility index (Phi) is 5.03. The summed E-state index contributed by atoms with van der Waals surface area (Å²) < 4.78 is 5.63. The van der Waals surface area contributed by atoms with E-state index in [4.69, 9.17) is 10.00 Å². The normalized spacial score (nSPS) is 9.88. The molecule has 3 rings (SSSR count). The molecule has 1 aromatic heterocycles. The molecule has 0 spiro atoms. The van der Waals surface area contributed by atoms with E-state index in [1.54, 1.807) is 42.5 Å². The van der Waals surface area contributed by atoms with Crippen molar-refractivity contribution in [2.45, 2.75) is 6.54 Å². The Morgan fingerprint density at radius 1 is 1.04 bits per heavy atom. The Balaban J connectivity index is 1.68. The van der Waals surface area contributed by atoms with Gasteiger partial charge in [-0.2, -0.15) is 5.26 Å². The molecule has 5 heteroatoms. The first-order chi connectivity index (χ1) is 12.2. The van der Waals surface area contributed by atoms with Gasteiger partial charge in [0, 0.05) is 18.2 Å². The molecule has 0 bridgehead atoms. The molecule has 5 nitrogen and oxygen atoms in total. The number of hydrogen-bond acceptors (Lipinski definition) is 4. The lowest BCUT2D eigenvalue weighted by Crippen LogP contribution is -2.22. The number of ether oxygens (including phenoxy) is 1. The third kappa shape index (κ3) is 4.43. The topological polar surface area (TPSA) is 75.0 Å².